The number of rotatable bonds is 4. The Kier molecular flexibility index (Phi) is 6.30. The number of methoxy groups -OCH3 is 1. The van der Waals surface area contributed by atoms with Crippen molar-refractivity contribution >= 4 is 17.5 Å². The standard InChI is InChI=1S/C22H28FN5O2/c1-30-20-7-10-24-22(25-20)28-13-8-17(9-14-28)21(29)27-12-2-11-26(15-16-27)19-5-3-18(23)4-6-19/h3-7,10,17H,2,8-9,11-16H2,1H3. The lowest BCUT2D eigenvalue weighted by Crippen LogP contribution is -2.44. The maximum atomic E-state index is 13.2. The Balaban J connectivity index is 1.31. The van der Waals surface area contributed by atoms with E-state index in [0.29, 0.717) is 18.4 Å². The molecule has 4 rings (SSSR count). The molecule has 0 atom stereocenters. The van der Waals surface area contributed by atoms with E-state index in [1.807, 2.05) is 17.0 Å². The Morgan fingerprint density at radius 3 is 2.50 bits per heavy atom. The van der Waals surface area contributed by atoms with Crippen LogP contribution in [-0.2, 0) is 4.79 Å². The molecule has 8 heteroatoms. The van der Waals surface area contributed by atoms with E-state index in [1.54, 1.807) is 19.4 Å². The molecule has 160 valence electrons. The zero-order valence-corrected chi connectivity index (χ0v) is 17.3. The number of aromatic nitrogens is 2. The fourth-order valence-corrected chi connectivity index (χ4v) is 4.23. The van der Waals surface area contributed by atoms with E-state index in [-0.39, 0.29) is 17.6 Å². The van der Waals surface area contributed by atoms with Crippen LogP contribution in [0.1, 0.15) is 19.3 Å². The van der Waals surface area contributed by atoms with E-state index in [0.717, 1.165) is 57.7 Å². The monoisotopic (exact) mass is 413 g/mol. The molecule has 0 unspecified atom stereocenters. The number of nitrogens with zero attached hydrogens (tertiary/aromatic N) is 5. The van der Waals surface area contributed by atoms with Gasteiger partial charge in [0.05, 0.1) is 7.11 Å². The molecule has 0 spiro atoms. The Morgan fingerprint density at radius 1 is 1.00 bits per heavy atom. The normalized spacial score (nSPS) is 18.3. The first kappa shape index (κ1) is 20.4. The van der Waals surface area contributed by atoms with Gasteiger partial charge < -0.3 is 19.4 Å². The van der Waals surface area contributed by atoms with Crippen LogP contribution in [0.3, 0.4) is 0 Å². The van der Waals surface area contributed by atoms with Gasteiger partial charge in [0.25, 0.3) is 0 Å². The summed E-state index contributed by atoms with van der Waals surface area (Å²) in [5.74, 6) is 1.28. The molecule has 1 amide bonds. The maximum Gasteiger partial charge on any atom is 0.228 e. The van der Waals surface area contributed by atoms with Gasteiger partial charge >= 0.3 is 0 Å². The summed E-state index contributed by atoms with van der Waals surface area (Å²) in [6, 6.07) is 8.33. The van der Waals surface area contributed by atoms with Crippen LogP contribution in [0.5, 0.6) is 5.88 Å². The van der Waals surface area contributed by atoms with Crippen molar-refractivity contribution in [2.45, 2.75) is 19.3 Å². The first-order valence-corrected chi connectivity index (χ1v) is 10.6. The largest absolute Gasteiger partial charge is 0.481 e. The van der Waals surface area contributed by atoms with Gasteiger partial charge in [0, 0.05) is 63.1 Å². The molecule has 0 aliphatic carbocycles. The van der Waals surface area contributed by atoms with Crippen molar-refractivity contribution in [1.82, 2.24) is 14.9 Å². The molecule has 2 saturated heterocycles. The van der Waals surface area contributed by atoms with Crippen LogP contribution in [-0.4, -0.2) is 67.2 Å². The number of hydrogen-bond donors (Lipinski definition) is 0. The van der Waals surface area contributed by atoms with Gasteiger partial charge in [-0.3, -0.25) is 4.79 Å². The number of carbonyl (C=O) groups is 1. The Hall–Kier alpha value is -2.90. The fourth-order valence-electron chi connectivity index (χ4n) is 4.23. The van der Waals surface area contributed by atoms with Crippen LogP contribution in [0.15, 0.2) is 36.5 Å². The summed E-state index contributed by atoms with van der Waals surface area (Å²) in [5.41, 5.74) is 1.01. The smallest absolute Gasteiger partial charge is 0.228 e. The molecule has 1 aromatic carbocycles. The van der Waals surface area contributed by atoms with E-state index in [4.69, 9.17) is 4.74 Å². The van der Waals surface area contributed by atoms with Gasteiger partial charge in [-0.15, -0.1) is 0 Å². The Morgan fingerprint density at radius 2 is 1.77 bits per heavy atom. The Labute approximate surface area is 176 Å². The van der Waals surface area contributed by atoms with Crippen molar-refractivity contribution in [3.8, 4) is 5.88 Å². The SMILES string of the molecule is COc1ccnc(N2CCC(C(=O)N3CCCN(c4ccc(F)cc4)CC3)CC2)n1. The molecule has 7 nitrogen and oxygen atoms in total. The van der Waals surface area contributed by atoms with Crippen LogP contribution in [0, 0.1) is 11.7 Å². The Bertz CT molecular complexity index is 855. The van der Waals surface area contributed by atoms with Crippen molar-refractivity contribution < 1.29 is 13.9 Å². The van der Waals surface area contributed by atoms with Crippen molar-refractivity contribution in [1.29, 1.82) is 0 Å². The molecule has 0 saturated carbocycles. The molecule has 1 aromatic heterocycles. The summed E-state index contributed by atoms with van der Waals surface area (Å²) in [6.07, 6.45) is 4.22. The number of benzene rings is 1. The molecule has 30 heavy (non-hydrogen) atoms. The summed E-state index contributed by atoms with van der Waals surface area (Å²) in [5, 5.41) is 0. The number of ether oxygens (including phenoxy) is 1. The zero-order valence-electron chi connectivity index (χ0n) is 17.3. The zero-order chi connectivity index (χ0) is 20.9. The van der Waals surface area contributed by atoms with Gasteiger partial charge in [-0.25, -0.2) is 9.37 Å². The maximum absolute atomic E-state index is 13.2. The highest BCUT2D eigenvalue weighted by Crippen LogP contribution is 2.24. The number of anilines is 2. The minimum Gasteiger partial charge on any atom is -0.481 e. The number of halogens is 1. The lowest BCUT2D eigenvalue weighted by atomic mass is 9.95. The van der Waals surface area contributed by atoms with Crippen LogP contribution in [0.2, 0.25) is 0 Å². The van der Waals surface area contributed by atoms with Crippen molar-refractivity contribution in [3.05, 3.63) is 42.3 Å². The lowest BCUT2D eigenvalue weighted by Gasteiger charge is -2.34. The van der Waals surface area contributed by atoms with Crippen LogP contribution >= 0.6 is 0 Å². The molecule has 2 fully saturated rings. The van der Waals surface area contributed by atoms with Crippen LogP contribution < -0.4 is 14.5 Å². The number of amides is 1. The molecule has 0 N–H and O–H groups in total. The minimum absolute atomic E-state index is 0.0456. The predicted octanol–water partition coefficient (Wildman–Crippen LogP) is 2.58. The fraction of sp³-hybridized carbons (Fsp3) is 0.500. The van der Waals surface area contributed by atoms with Gasteiger partial charge in [0.1, 0.15) is 5.82 Å². The molecular weight excluding hydrogens is 385 g/mol. The summed E-state index contributed by atoms with van der Waals surface area (Å²) in [6.45, 7) is 4.65. The van der Waals surface area contributed by atoms with E-state index in [2.05, 4.69) is 19.8 Å². The van der Waals surface area contributed by atoms with Gasteiger partial charge in [0.15, 0.2) is 0 Å². The molecule has 0 bridgehead atoms. The molecular formula is C22H28FN5O2. The predicted molar refractivity (Wildman–Crippen MR) is 113 cm³/mol. The number of hydrogen-bond acceptors (Lipinski definition) is 6. The van der Waals surface area contributed by atoms with E-state index in [1.165, 1.54) is 12.1 Å². The number of piperidine rings is 1. The molecule has 2 aliphatic heterocycles. The molecule has 0 radical (unpaired) electrons. The van der Waals surface area contributed by atoms with Crippen LogP contribution in [0.25, 0.3) is 0 Å². The van der Waals surface area contributed by atoms with E-state index >= 15 is 0 Å². The third-order valence-electron chi connectivity index (χ3n) is 5.95. The average molecular weight is 413 g/mol. The highest BCUT2D eigenvalue weighted by molar-refractivity contribution is 5.79. The number of carbonyl (C=O) groups excluding carboxylic acids is 1. The minimum atomic E-state index is -0.226. The molecule has 2 aliphatic rings. The van der Waals surface area contributed by atoms with Gasteiger partial charge in [0.2, 0.25) is 17.7 Å². The summed E-state index contributed by atoms with van der Waals surface area (Å²) in [7, 11) is 1.59. The van der Waals surface area contributed by atoms with Gasteiger partial charge in [-0.2, -0.15) is 4.98 Å². The first-order valence-electron chi connectivity index (χ1n) is 10.6. The highest BCUT2D eigenvalue weighted by atomic mass is 19.1. The quantitative estimate of drug-likeness (QED) is 0.768. The van der Waals surface area contributed by atoms with Crippen molar-refractivity contribution in [2.75, 3.05) is 56.2 Å². The summed E-state index contributed by atoms with van der Waals surface area (Å²) >= 11 is 0. The van der Waals surface area contributed by atoms with Crippen molar-refractivity contribution in [3.63, 3.8) is 0 Å². The van der Waals surface area contributed by atoms with Crippen molar-refractivity contribution in [2.24, 2.45) is 5.92 Å². The van der Waals surface area contributed by atoms with E-state index < -0.39 is 0 Å². The molecule has 2 aromatic rings. The second-order valence-electron chi connectivity index (χ2n) is 7.80. The third kappa shape index (κ3) is 4.63. The highest BCUT2D eigenvalue weighted by Gasteiger charge is 2.30. The average Bonchev–Trinajstić information content (AvgIpc) is 3.06. The van der Waals surface area contributed by atoms with E-state index in [9.17, 15) is 9.18 Å². The topological polar surface area (TPSA) is 61.8 Å². The summed E-state index contributed by atoms with van der Waals surface area (Å²) < 4.78 is 18.4. The van der Waals surface area contributed by atoms with Gasteiger partial charge in [-0.05, 0) is 43.5 Å². The second kappa shape index (κ2) is 9.28. The second-order valence-corrected chi connectivity index (χ2v) is 7.80. The third-order valence-corrected chi connectivity index (χ3v) is 5.95. The first-order chi connectivity index (χ1) is 14.6. The molecule has 3 heterocycles. The summed E-state index contributed by atoms with van der Waals surface area (Å²) in [4.78, 5) is 28.2. The van der Waals surface area contributed by atoms with Crippen LogP contribution in [0.4, 0.5) is 16.0 Å². The lowest BCUT2D eigenvalue weighted by molar-refractivity contribution is -0.136. The van der Waals surface area contributed by atoms with Gasteiger partial charge in [-0.1, -0.05) is 0 Å².